The maximum atomic E-state index is 5.09. The zero-order chi connectivity index (χ0) is 12.7. The molecule has 1 aliphatic heterocycles. The van der Waals surface area contributed by atoms with E-state index < -0.39 is 0 Å². The number of nitrogens with one attached hydrogen (secondary N) is 2. The van der Waals surface area contributed by atoms with Crippen LogP contribution in [0.5, 0.6) is 0 Å². The van der Waals surface area contributed by atoms with Crippen LogP contribution in [0.25, 0.3) is 0 Å². The zero-order valence-electron chi connectivity index (χ0n) is 11.9. The molecule has 2 N–H and O–H groups in total. The quantitative estimate of drug-likeness (QED) is 0.429. The first-order valence-corrected chi connectivity index (χ1v) is 6.33. The van der Waals surface area contributed by atoms with Gasteiger partial charge in [0.1, 0.15) is 0 Å². The minimum Gasteiger partial charge on any atom is -0.383 e. The molecular weight excluding hydrogens is 343 g/mol. The van der Waals surface area contributed by atoms with Crippen LogP contribution in [0.1, 0.15) is 19.8 Å². The largest absolute Gasteiger partial charge is 0.383 e. The molecular formula is C12H27IN4O. The van der Waals surface area contributed by atoms with Gasteiger partial charge in [-0.25, -0.2) is 0 Å². The normalized spacial score (nSPS) is 22.4. The predicted octanol–water partition coefficient (Wildman–Crippen LogP) is 0.898. The Bertz CT molecular complexity index is 250. The molecule has 0 aromatic rings. The molecule has 0 aliphatic carbocycles. The maximum absolute atomic E-state index is 5.09. The second-order valence-electron chi connectivity index (χ2n) is 4.73. The number of likely N-dealkylation sites (tertiary alicyclic amines) is 1. The summed E-state index contributed by atoms with van der Waals surface area (Å²) in [5.74, 6) is 0.856. The Morgan fingerprint density at radius 3 is 2.78 bits per heavy atom. The lowest BCUT2D eigenvalue weighted by Crippen LogP contribution is -2.47. The summed E-state index contributed by atoms with van der Waals surface area (Å²) in [6.07, 6.45) is 2.57. The molecule has 108 valence electrons. The van der Waals surface area contributed by atoms with Gasteiger partial charge in [-0.05, 0) is 33.4 Å². The molecule has 0 aromatic carbocycles. The van der Waals surface area contributed by atoms with Gasteiger partial charge in [0.05, 0.1) is 6.61 Å². The van der Waals surface area contributed by atoms with Crippen LogP contribution in [0.2, 0.25) is 0 Å². The summed E-state index contributed by atoms with van der Waals surface area (Å²) < 4.78 is 5.09. The third-order valence-electron chi connectivity index (χ3n) is 3.20. The molecule has 1 saturated heterocycles. The molecule has 0 amide bonds. The van der Waals surface area contributed by atoms with Crippen LogP contribution in [0, 0.1) is 0 Å². The van der Waals surface area contributed by atoms with Crippen molar-refractivity contribution in [3.63, 3.8) is 0 Å². The van der Waals surface area contributed by atoms with E-state index in [2.05, 4.69) is 34.5 Å². The smallest absolute Gasteiger partial charge is 0.191 e. The van der Waals surface area contributed by atoms with Crippen molar-refractivity contribution in [3.8, 4) is 0 Å². The number of hydrogen-bond acceptors (Lipinski definition) is 3. The fraction of sp³-hybridized carbons (Fsp3) is 0.917. The van der Waals surface area contributed by atoms with Crippen LogP contribution in [-0.2, 0) is 4.74 Å². The van der Waals surface area contributed by atoms with Gasteiger partial charge in [0.25, 0.3) is 0 Å². The van der Waals surface area contributed by atoms with Gasteiger partial charge >= 0.3 is 0 Å². The molecule has 5 nitrogen and oxygen atoms in total. The lowest BCUT2D eigenvalue weighted by Gasteiger charge is -2.22. The molecule has 18 heavy (non-hydrogen) atoms. The van der Waals surface area contributed by atoms with E-state index in [1.165, 1.54) is 19.4 Å². The van der Waals surface area contributed by atoms with Crippen molar-refractivity contribution >= 4 is 29.9 Å². The molecule has 1 fully saturated rings. The third-order valence-corrected chi connectivity index (χ3v) is 3.20. The number of rotatable bonds is 5. The highest BCUT2D eigenvalue weighted by atomic mass is 127. The average molecular weight is 370 g/mol. The summed E-state index contributed by atoms with van der Waals surface area (Å²) in [5, 5.41) is 6.67. The van der Waals surface area contributed by atoms with Gasteiger partial charge in [-0.15, -0.1) is 24.0 Å². The monoisotopic (exact) mass is 370 g/mol. The van der Waals surface area contributed by atoms with Crippen molar-refractivity contribution in [2.24, 2.45) is 4.99 Å². The van der Waals surface area contributed by atoms with Crippen LogP contribution in [0.4, 0.5) is 0 Å². The van der Waals surface area contributed by atoms with Gasteiger partial charge in [0, 0.05) is 32.8 Å². The van der Waals surface area contributed by atoms with Gasteiger partial charge in [0.2, 0.25) is 0 Å². The van der Waals surface area contributed by atoms with Gasteiger partial charge in [0.15, 0.2) is 5.96 Å². The molecule has 2 atom stereocenters. The summed E-state index contributed by atoms with van der Waals surface area (Å²) in [6, 6.07) is 0.902. The molecule has 6 heteroatoms. The summed E-state index contributed by atoms with van der Waals surface area (Å²) in [4.78, 5) is 6.62. The van der Waals surface area contributed by atoms with E-state index in [1.54, 1.807) is 14.2 Å². The Hall–Kier alpha value is -0.0800. The van der Waals surface area contributed by atoms with Crippen LogP contribution in [0.3, 0.4) is 0 Å². The maximum Gasteiger partial charge on any atom is 0.191 e. The standard InChI is InChI=1S/C12H26N4O.HI/c1-10(9-17-4)15-12(13-2)14-8-11-6-5-7-16(11)3;/h10-11H,5-9H2,1-4H3,(H2,13,14,15);1H. The van der Waals surface area contributed by atoms with Crippen LogP contribution >= 0.6 is 24.0 Å². The molecule has 1 aliphatic rings. The van der Waals surface area contributed by atoms with E-state index in [9.17, 15) is 0 Å². The molecule has 0 bridgehead atoms. The van der Waals surface area contributed by atoms with Crippen molar-refractivity contribution in [1.29, 1.82) is 0 Å². The van der Waals surface area contributed by atoms with Gasteiger partial charge in [-0.2, -0.15) is 0 Å². The summed E-state index contributed by atoms with van der Waals surface area (Å²) in [7, 11) is 5.69. The van der Waals surface area contributed by atoms with E-state index >= 15 is 0 Å². The highest BCUT2D eigenvalue weighted by molar-refractivity contribution is 14.0. The Balaban J connectivity index is 0.00000289. The first-order valence-electron chi connectivity index (χ1n) is 6.33. The fourth-order valence-electron chi connectivity index (χ4n) is 2.17. The number of halogens is 1. The molecule has 2 unspecified atom stereocenters. The van der Waals surface area contributed by atoms with Gasteiger partial charge < -0.3 is 20.3 Å². The Morgan fingerprint density at radius 1 is 1.56 bits per heavy atom. The van der Waals surface area contributed by atoms with Crippen LogP contribution in [-0.4, -0.2) is 63.8 Å². The molecule has 0 radical (unpaired) electrons. The first kappa shape index (κ1) is 17.9. The number of nitrogens with zero attached hydrogens (tertiary/aromatic N) is 2. The van der Waals surface area contributed by atoms with E-state index in [0.717, 1.165) is 12.5 Å². The molecule has 0 spiro atoms. The van der Waals surface area contributed by atoms with Crippen LogP contribution in [0.15, 0.2) is 4.99 Å². The summed E-state index contributed by atoms with van der Waals surface area (Å²) in [5.41, 5.74) is 0. The highest BCUT2D eigenvalue weighted by Gasteiger charge is 2.20. The topological polar surface area (TPSA) is 48.9 Å². The Morgan fingerprint density at radius 2 is 2.28 bits per heavy atom. The van der Waals surface area contributed by atoms with E-state index in [-0.39, 0.29) is 30.0 Å². The minimum atomic E-state index is 0. The number of methoxy groups -OCH3 is 1. The van der Waals surface area contributed by atoms with Crippen molar-refractivity contribution in [1.82, 2.24) is 15.5 Å². The number of likely N-dealkylation sites (N-methyl/N-ethyl adjacent to an activating group) is 1. The Kier molecular flexibility index (Phi) is 9.76. The summed E-state index contributed by atoms with van der Waals surface area (Å²) in [6.45, 7) is 4.93. The van der Waals surface area contributed by atoms with E-state index in [1.807, 2.05) is 0 Å². The number of hydrogen-bond donors (Lipinski definition) is 2. The lowest BCUT2D eigenvalue weighted by atomic mass is 10.2. The van der Waals surface area contributed by atoms with Crippen molar-refractivity contribution in [2.75, 3.05) is 40.9 Å². The molecule has 0 aromatic heterocycles. The van der Waals surface area contributed by atoms with E-state index in [4.69, 9.17) is 4.74 Å². The third kappa shape index (κ3) is 6.19. The summed E-state index contributed by atoms with van der Waals surface area (Å²) >= 11 is 0. The highest BCUT2D eigenvalue weighted by Crippen LogP contribution is 2.13. The van der Waals surface area contributed by atoms with E-state index in [0.29, 0.717) is 12.6 Å². The second kappa shape index (κ2) is 9.80. The fourth-order valence-corrected chi connectivity index (χ4v) is 2.17. The number of ether oxygens (including phenoxy) is 1. The van der Waals surface area contributed by atoms with Crippen molar-refractivity contribution in [2.45, 2.75) is 31.8 Å². The zero-order valence-corrected chi connectivity index (χ0v) is 14.2. The number of guanidine groups is 1. The SMILES string of the molecule is CN=C(NCC1CCCN1C)NC(C)COC.I. The Labute approximate surface area is 128 Å². The van der Waals surface area contributed by atoms with Crippen LogP contribution < -0.4 is 10.6 Å². The molecule has 1 rings (SSSR count). The van der Waals surface area contributed by atoms with Gasteiger partial charge in [-0.1, -0.05) is 0 Å². The second-order valence-corrected chi connectivity index (χ2v) is 4.73. The lowest BCUT2D eigenvalue weighted by molar-refractivity contribution is 0.179. The van der Waals surface area contributed by atoms with Crippen molar-refractivity contribution < 1.29 is 4.74 Å². The molecule has 0 saturated carbocycles. The number of aliphatic imine (C=N–C) groups is 1. The molecule has 1 heterocycles. The van der Waals surface area contributed by atoms with Crippen molar-refractivity contribution in [3.05, 3.63) is 0 Å². The predicted molar refractivity (Wildman–Crippen MR) is 86.9 cm³/mol. The average Bonchev–Trinajstić information content (AvgIpc) is 2.70. The first-order chi connectivity index (χ1) is 8.17. The van der Waals surface area contributed by atoms with Gasteiger partial charge in [-0.3, -0.25) is 4.99 Å². The minimum absolute atomic E-state index is 0.